The van der Waals surface area contributed by atoms with Gasteiger partial charge in [-0.2, -0.15) is 0 Å². The second kappa shape index (κ2) is 6.28. The van der Waals surface area contributed by atoms with Crippen molar-refractivity contribution in [2.75, 3.05) is 23.9 Å². The van der Waals surface area contributed by atoms with Crippen molar-refractivity contribution in [1.82, 2.24) is 4.98 Å². The van der Waals surface area contributed by atoms with Crippen LogP contribution in [0.25, 0.3) is 0 Å². The highest BCUT2D eigenvalue weighted by Crippen LogP contribution is 2.43. The zero-order valence-corrected chi connectivity index (χ0v) is 13.3. The number of nitrogens with zero attached hydrogens (tertiary/aromatic N) is 2. The predicted octanol–water partition coefficient (Wildman–Crippen LogP) is 3.29. The molecule has 2 rings (SSSR count). The molecule has 0 saturated heterocycles. The van der Waals surface area contributed by atoms with E-state index in [4.69, 9.17) is 5.73 Å². The molecular weight excluding hydrogens is 290 g/mol. The van der Waals surface area contributed by atoms with Crippen LogP contribution >= 0.6 is 23.1 Å². The van der Waals surface area contributed by atoms with Gasteiger partial charge in [-0.05, 0) is 18.4 Å². The minimum atomic E-state index is 0.0142. The topological polar surface area (TPSA) is 59.2 Å². The molecule has 0 amide bonds. The lowest BCUT2D eigenvalue weighted by Gasteiger charge is -2.18. The van der Waals surface area contributed by atoms with E-state index in [-0.39, 0.29) is 5.78 Å². The summed E-state index contributed by atoms with van der Waals surface area (Å²) >= 11 is 3.02. The molecule has 2 aromatic rings. The first kappa shape index (κ1) is 14.9. The molecule has 0 fully saturated rings. The van der Waals surface area contributed by atoms with Gasteiger partial charge in [-0.3, -0.25) is 9.78 Å². The molecule has 0 unspecified atom stereocenters. The van der Waals surface area contributed by atoms with E-state index in [9.17, 15) is 4.79 Å². The first-order valence-electron chi connectivity index (χ1n) is 6.12. The van der Waals surface area contributed by atoms with Crippen molar-refractivity contribution in [1.29, 1.82) is 0 Å². The summed E-state index contributed by atoms with van der Waals surface area (Å²) in [5, 5.41) is 1.02. The van der Waals surface area contributed by atoms with Crippen LogP contribution in [-0.4, -0.2) is 24.1 Å². The molecule has 0 saturated carbocycles. The Morgan fingerprint density at radius 2 is 2.25 bits per heavy atom. The summed E-state index contributed by atoms with van der Waals surface area (Å²) in [6.45, 7) is 2.24. The molecular formula is C14H17N3OS2. The molecule has 0 aliphatic heterocycles. The first-order chi connectivity index (χ1) is 9.54. The van der Waals surface area contributed by atoms with Crippen molar-refractivity contribution < 1.29 is 4.79 Å². The van der Waals surface area contributed by atoms with E-state index in [0.29, 0.717) is 17.1 Å². The fourth-order valence-corrected chi connectivity index (χ4v) is 4.00. The molecule has 0 aromatic carbocycles. The van der Waals surface area contributed by atoms with Gasteiger partial charge in [0.2, 0.25) is 0 Å². The molecule has 0 radical (unpaired) electrons. The molecule has 0 aliphatic carbocycles. The maximum absolute atomic E-state index is 11.6. The predicted molar refractivity (Wildman–Crippen MR) is 86.9 cm³/mol. The summed E-state index contributed by atoms with van der Waals surface area (Å²) in [5.41, 5.74) is 7.65. The number of ketones is 1. The van der Waals surface area contributed by atoms with E-state index in [0.717, 1.165) is 15.6 Å². The Labute approximate surface area is 127 Å². The highest BCUT2D eigenvalue weighted by molar-refractivity contribution is 7.99. The lowest BCUT2D eigenvalue weighted by molar-refractivity contribution is 0.102. The van der Waals surface area contributed by atoms with E-state index in [1.165, 1.54) is 11.3 Å². The van der Waals surface area contributed by atoms with Crippen LogP contribution in [0.3, 0.4) is 0 Å². The first-order valence-corrected chi connectivity index (χ1v) is 8.17. The Kier molecular flexibility index (Phi) is 4.67. The molecule has 20 heavy (non-hydrogen) atoms. The third-order valence-corrected chi connectivity index (χ3v) is 5.25. The second-order valence-corrected chi connectivity index (χ2v) is 6.23. The Balaban J connectivity index is 2.32. The summed E-state index contributed by atoms with van der Waals surface area (Å²) in [6.07, 6.45) is 3.75. The number of pyridine rings is 1. The van der Waals surface area contributed by atoms with Gasteiger partial charge in [-0.25, -0.2) is 0 Å². The summed E-state index contributed by atoms with van der Waals surface area (Å²) < 4.78 is 0. The quantitative estimate of drug-likeness (QED) is 0.678. The van der Waals surface area contributed by atoms with Crippen molar-refractivity contribution in [3.05, 3.63) is 35.0 Å². The van der Waals surface area contributed by atoms with Crippen LogP contribution in [0.5, 0.6) is 0 Å². The van der Waals surface area contributed by atoms with E-state index >= 15 is 0 Å². The standard InChI is InChI=1S/C14H17N3OS2/c1-9(18)12-11(15)13(19-3)14(20-12)17(2)8-10-6-4-5-7-16-10/h4-7H,8,15H2,1-3H3. The van der Waals surface area contributed by atoms with Gasteiger partial charge in [0.05, 0.1) is 27.7 Å². The maximum atomic E-state index is 11.6. The van der Waals surface area contributed by atoms with Crippen LogP contribution in [0.4, 0.5) is 10.7 Å². The van der Waals surface area contributed by atoms with E-state index in [1.807, 2.05) is 31.5 Å². The average molecular weight is 307 g/mol. The Morgan fingerprint density at radius 3 is 2.80 bits per heavy atom. The smallest absolute Gasteiger partial charge is 0.171 e. The normalized spacial score (nSPS) is 10.6. The number of thioether (sulfide) groups is 1. The minimum Gasteiger partial charge on any atom is -0.396 e. The summed E-state index contributed by atoms with van der Waals surface area (Å²) in [4.78, 5) is 19.6. The van der Waals surface area contributed by atoms with E-state index < -0.39 is 0 Å². The van der Waals surface area contributed by atoms with Crippen molar-refractivity contribution in [3.8, 4) is 0 Å². The molecule has 2 heterocycles. The number of Topliss-reactive ketones (excluding diaryl/α,β-unsaturated/α-hetero) is 1. The number of hydrogen-bond donors (Lipinski definition) is 1. The summed E-state index contributed by atoms with van der Waals surface area (Å²) in [6, 6.07) is 5.85. The van der Waals surface area contributed by atoms with Gasteiger partial charge < -0.3 is 10.6 Å². The SMILES string of the molecule is CSc1c(N(C)Cc2ccccn2)sc(C(C)=O)c1N. The number of thiophene rings is 1. The Hall–Kier alpha value is -1.53. The van der Waals surface area contributed by atoms with E-state index in [2.05, 4.69) is 9.88 Å². The summed E-state index contributed by atoms with van der Waals surface area (Å²) in [7, 11) is 1.99. The van der Waals surface area contributed by atoms with Crippen molar-refractivity contribution in [3.63, 3.8) is 0 Å². The van der Waals surface area contributed by atoms with Crippen LogP contribution in [0.15, 0.2) is 29.3 Å². The van der Waals surface area contributed by atoms with Crippen LogP contribution < -0.4 is 10.6 Å². The van der Waals surface area contributed by atoms with Gasteiger partial charge in [0.15, 0.2) is 5.78 Å². The molecule has 2 N–H and O–H groups in total. The van der Waals surface area contributed by atoms with Crippen molar-refractivity contribution >= 4 is 39.6 Å². The van der Waals surface area contributed by atoms with Crippen LogP contribution in [0, 0.1) is 0 Å². The second-order valence-electron chi connectivity index (χ2n) is 4.42. The van der Waals surface area contributed by atoms with Gasteiger partial charge in [0.25, 0.3) is 0 Å². The van der Waals surface area contributed by atoms with Gasteiger partial charge >= 0.3 is 0 Å². The van der Waals surface area contributed by atoms with Crippen LogP contribution in [0.2, 0.25) is 0 Å². The maximum Gasteiger partial charge on any atom is 0.171 e. The number of carbonyl (C=O) groups excluding carboxylic acids is 1. The Morgan fingerprint density at radius 1 is 1.50 bits per heavy atom. The number of aromatic nitrogens is 1. The average Bonchev–Trinajstić information content (AvgIpc) is 2.77. The molecule has 0 spiro atoms. The molecule has 6 heteroatoms. The summed E-state index contributed by atoms with van der Waals surface area (Å²) in [5.74, 6) is 0.0142. The van der Waals surface area contributed by atoms with Crippen LogP contribution in [0.1, 0.15) is 22.3 Å². The molecule has 4 nitrogen and oxygen atoms in total. The van der Waals surface area contributed by atoms with Gasteiger partial charge in [-0.1, -0.05) is 6.07 Å². The lowest BCUT2D eigenvalue weighted by Crippen LogP contribution is -2.16. The van der Waals surface area contributed by atoms with Gasteiger partial charge in [-0.15, -0.1) is 23.1 Å². The third kappa shape index (κ3) is 2.96. The monoisotopic (exact) mass is 307 g/mol. The zero-order valence-electron chi connectivity index (χ0n) is 11.7. The van der Waals surface area contributed by atoms with Crippen molar-refractivity contribution in [2.45, 2.75) is 18.4 Å². The fourth-order valence-electron chi connectivity index (χ4n) is 1.93. The number of carbonyl (C=O) groups is 1. The number of rotatable bonds is 5. The Bertz CT molecular complexity index is 610. The fraction of sp³-hybridized carbons (Fsp3) is 0.286. The third-order valence-electron chi connectivity index (χ3n) is 2.88. The van der Waals surface area contributed by atoms with Gasteiger partial charge in [0.1, 0.15) is 5.00 Å². The molecule has 106 valence electrons. The van der Waals surface area contributed by atoms with Crippen molar-refractivity contribution in [2.24, 2.45) is 0 Å². The van der Waals surface area contributed by atoms with Crippen LogP contribution in [-0.2, 0) is 6.54 Å². The molecule has 0 aliphatic rings. The molecule has 0 atom stereocenters. The number of anilines is 2. The number of nitrogens with two attached hydrogens (primary N) is 1. The molecule has 2 aromatic heterocycles. The number of hydrogen-bond acceptors (Lipinski definition) is 6. The highest BCUT2D eigenvalue weighted by atomic mass is 32.2. The highest BCUT2D eigenvalue weighted by Gasteiger charge is 2.20. The lowest BCUT2D eigenvalue weighted by atomic mass is 10.3. The number of nitrogen functional groups attached to an aromatic ring is 1. The van der Waals surface area contributed by atoms with Gasteiger partial charge in [0, 0.05) is 20.2 Å². The molecule has 0 bridgehead atoms. The largest absolute Gasteiger partial charge is 0.396 e. The minimum absolute atomic E-state index is 0.0142. The van der Waals surface area contributed by atoms with E-state index in [1.54, 1.807) is 24.9 Å². The zero-order chi connectivity index (χ0) is 14.7.